The van der Waals surface area contributed by atoms with Gasteiger partial charge in [-0.1, -0.05) is 41.4 Å². The van der Waals surface area contributed by atoms with E-state index in [9.17, 15) is 4.79 Å². The van der Waals surface area contributed by atoms with Crippen molar-refractivity contribution in [3.63, 3.8) is 0 Å². The van der Waals surface area contributed by atoms with Crippen LogP contribution in [0.1, 0.15) is 24.0 Å². The molecule has 0 atom stereocenters. The number of rotatable bonds is 5. The van der Waals surface area contributed by atoms with Crippen molar-refractivity contribution >= 4 is 34.8 Å². The van der Waals surface area contributed by atoms with Crippen molar-refractivity contribution in [2.75, 3.05) is 31.3 Å². The maximum absolute atomic E-state index is 13.3. The summed E-state index contributed by atoms with van der Waals surface area (Å²) in [6, 6.07) is 11.3. The number of benzene rings is 2. The molecule has 2 heterocycles. The summed E-state index contributed by atoms with van der Waals surface area (Å²) >= 11 is 12.7. The van der Waals surface area contributed by atoms with Gasteiger partial charge in [0, 0.05) is 12.1 Å². The standard InChI is InChI=1S/C21H21Cl2NO4/c1-14-6-2-3-7-17(14)26-11-4-10-24-19-15(8-9-16(22)18(19)23)21(20(24)25)27-12-5-13-28-21/h2-3,6-9H,4-5,10-13H2,1H3. The van der Waals surface area contributed by atoms with Gasteiger partial charge < -0.3 is 19.1 Å². The van der Waals surface area contributed by atoms with Gasteiger partial charge in [0.05, 0.1) is 35.6 Å². The predicted octanol–water partition coefficient (Wildman–Crippen LogP) is 4.71. The maximum atomic E-state index is 13.3. The smallest absolute Gasteiger partial charge is 0.292 e. The molecule has 2 aromatic carbocycles. The Labute approximate surface area is 174 Å². The quantitative estimate of drug-likeness (QED) is 0.655. The number of aryl methyl sites for hydroxylation is 1. The molecule has 0 N–H and O–H groups in total. The molecule has 1 saturated heterocycles. The zero-order valence-corrected chi connectivity index (χ0v) is 17.1. The normalized spacial score (nSPS) is 17.8. The fraction of sp³-hybridized carbons (Fsp3) is 0.381. The highest BCUT2D eigenvalue weighted by atomic mass is 35.5. The molecule has 4 rings (SSSR count). The van der Waals surface area contributed by atoms with Crippen LogP contribution in [-0.2, 0) is 20.1 Å². The summed E-state index contributed by atoms with van der Waals surface area (Å²) in [4.78, 5) is 14.9. The number of nitrogens with zero attached hydrogens (tertiary/aromatic N) is 1. The Balaban J connectivity index is 1.53. The molecule has 2 aliphatic rings. The van der Waals surface area contributed by atoms with Crippen LogP contribution in [0.4, 0.5) is 5.69 Å². The molecule has 7 heteroatoms. The number of hydrogen-bond donors (Lipinski definition) is 0. The minimum atomic E-state index is -1.42. The van der Waals surface area contributed by atoms with Gasteiger partial charge in [0.2, 0.25) is 0 Å². The van der Waals surface area contributed by atoms with Gasteiger partial charge in [-0.2, -0.15) is 0 Å². The summed E-state index contributed by atoms with van der Waals surface area (Å²) in [6.45, 7) is 3.80. The lowest BCUT2D eigenvalue weighted by Gasteiger charge is -2.32. The topological polar surface area (TPSA) is 48.0 Å². The highest BCUT2D eigenvalue weighted by molar-refractivity contribution is 6.44. The Kier molecular flexibility index (Phi) is 5.52. The molecule has 0 aromatic heterocycles. The lowest BCUT2D eigenvalue weighted by atomic mass is 10.1. The second-order valence-corrected chi connectivity index (χ2v) is 7.63. The third-order valence-corrected chi connectivity index (χ3v) is 5.79. The van der Waals surface area contributed by atoms with Crippen LogP contribution in [-0.4, -0.2) is 32.3 Å². The Morgan fingerprint density at radius 1 is 1.14 bits per heavy atom. The summed E-state index contributed by atoms with van der Waals surface area (Å²) in [5.41, 5.74) is 2.26. The molecular weight excluding hydrogens is 401 g/mol. The van der Waals surface area contributed by atoms with E-state index < -0.39 is 5.79 Å². The average Bonchev–Trinajstić information content (AvgIpc) is 2.93. The summed E-state index contributed by atoms with van der Waals surface area (Å²) in [7, 11) is 0. The molecule has 1 fully saturated rings. The molecule has 0 unspecified atom stereocenters. The zero-order valence-electron chi connectivity index (χ0n) is 15.5. The van der Waals surface area contributed by atoms with Crippen LogP contribution in [0.5, 0.6) is 5.75 Å². The number of anilines is 1. The molecule has 1 amide bonds. The highest BCUT2D eigenvalue weighted by Gasteiger charge is 2.55. The Hall–Kier alpha value is -1.79. The van der Waals surface area contributed by atoms with Gasteiger partial charge in [-0.25, -0.2) is 0 Å². The molecule has 1 spiro atoms. The van der Waals surface area contributed by atoms with E-state index in [-0.39, 0.29) is 5.91 Å². The third kappa shape index (κ3) is 3.26. The van der Waals surface area contributed by atoms with Crippen molar-refractivity contribution in [1.82, 2.24) is 0 Å². The molecular formula is C21H21Cl2NO4. The highest BCUT2D eigenvalue weighted by Crippen LogP contribution is 2.50. The van der Waals surface area contributed by atoms with Crippen LogP contribution in [0, 0.1) is 6.92 Å². The van der Waals surface area contributed by atoms with Crippen molar-refractivity contribution in [2.24, 2.45) is 0 Å². The number of carbonyl (C=O) groups excluding carboxylic acids is 1. The number of carbonyl (C=O) groups is 1. The van der Waals surface area contributed by atoms with Crippen LogP contribution in [0.25, 0.3) is 0 Å². The fourth-order valence-corrected chi connectivity index (χ4v) is 4.03. The molecule has 0 aliphatic carbocycles. The number of fused-ring (bicyclic) bond motifs is 2. The summed E-state index contributed by atoms with van der Waals surface area (Å²) in [5.74, 6) is -0.840. The first-order valence-electron chi connectivity index (χ1n) is 9.31. The number of hydrogen-bond acceptors (Lipinski definition) is 4. The maximum Gasteiger partial charge on any atom is 0.292 e. The van der Waals surface area contributed by atoms with E-state index >= 15 is 0 Å². The molecule has 0 bridgehead atoms. The minimum absolute atomic E-state index is 0.262. The summed E-state index contributed by atoms with van der Waals surface area (Å²) in [5, 5.41) is 0.726. The van der Waals surface area contributed by atoms with Crippen molar-refractivity contribution in [1.29, 1.82) is 0 Å². The lowest BCUT2D eigenvalue weighted by Crippen LogP contribution is -2.47. The van der Waals surface area contributed by atoms with Crippen molar-refractivity contribution < 1.29 is 19.0 Å². The van der Waals surface area contributed by atoms with E-state index in [1.807, 2.05) is 31.2 Å². The van der Waals surface area contributed by atoms with Crippen LogP contribution >= 0.6 is 23.2 Å². The van der Waals surface area contributed by atoms with Crippen molar-refractivity contribution in [3.05, 3.63) is 57.6 Å². The molecule has 2 aliphatic heterocycles. The van der Waals surface area contributed by atoms with Gasteiger partial charge in [-0.3, -0.25) is 4.79 Å². The van der Waals surface area contributed by atoms with E-state index in [0.717, 1.165) is 17.7 Å². The first kappa shape index (κ1) is 19.5. The number of para-hydroxylation sites is 1. The van der Waals surface area contributed by atoms with Crippen LogP contribution < -0.4 is 9.64 Å². The first-order valence-corrected chi connectivity index (χ1v) is 10.1. The van der Waals surface area contributed by atoms with E-state index in [1.54, 1.807) is 17.0 Å². The molecule has 0 saturated carbocycles. The molecule has 2 aromatic rings. The Bertz CT molecular complexity index is 896. The second kappa shape index (κ2) is 7.91. The van der Waals surface area contributed by atoms with Gasteiger partial charge in [0.1, 0.15) is 5.75 Å². The molecule has 28 heavy (non-hydrogen) atoms. The Morgan fingerprint density at radius 2 is 1.89 bits per heavy atom. The fourth-order valence-electron chi connectivity index (χ4n) is 3.61. The third-order valence-electron chi connectivity index (χ3n) is 5.00. The number of halogens is 2. The molecule has 148 valence electrons. The first-order chi connectivity index (χ1) is 13.5. The van der Waals surface area contributed by atoms with E-state index in [0.29, 0.717) is 54.1 Å². The van der Waals surface area contributed by atoms with Crippen LogP contribution in [0.3, 0.4) is 0 Å². The van der Waals surface area contributed by atoms with Crippen LogP contribution in [0.2, 0.25) is 10.0 Å². The number of amides is 1. The van der Waals surface area contributed by atoms with Gasteiger partial charge in [0.15, 0.2) is 0 Å². The Morgan fingerprint density at radius 3 is 2.64 bits per heavy atom. The monoisotopic (exact) mass is 421 g/mol. The lowest BCUT2D eigenvalue weighted by molar-refractivity contribution is -0.256. The second-order valence-electron chi connectivity index (χ2n) is 6.85. The minimum Gasteiger partial charge on any atom is -0.493 e. The average molecular weight is 422 g/mol. The van der Waals surface area contributed by atoms with E-state index in [2.05, 4.69) is 0 Å². The summed E-state index contributed by atoms with van der Waals surface area (Å²) < 4.78 is 17.5. The molecule has 5 nitrogen and oxygen atoms in total. The predicted molar refractivity (Wildman–Crippen MR) is 108 cm³/mol. The zero-order chi connectivity index (χ0) is 19.7. The van der Waals surface area contributed by atoms with Crippen LogP contribution in [0.15, 0.2) is 36.4 Å². The van der Waals surface area contributed by atoms with Crippen molar-refractivity contribution in [3.8, 4) is 5.75 Å². The largest absolute Gasteiger partial charge is 0.493 e. The van der Waals surface area contributed by atoms with Gasteiger partial charge in [-0.15, -0.1) is 0 Å². The number of ether oxygens (including phenoxy) is 3. The van der Waals surface area contributed by atoms with Gasteiger partial charge in [-0.05, 0) is 43.5 Å². The summed E-state index contributed by atoms with van der Waals surface area (Å²) in [6.07, 6.45) is 1.37. The van der Waals surface area contributed by atoms with E-state index in [4.69, 9.17) is 37.4 Å². The van der Waals surface area contributed by atoms with Crippen molar-refractivity contribution in [2.45, 2.75) is 25.6 Å². The van der Waals surface area contributed by atoms with Gasteiger partial charge >= 0.3 is 0 Å². The molecule has 0 radical (unpaired) electrons. The van der Waals surface area contributed by atoms with Gasteiger partial charge in [0.25, 0.3) is 11.7 Å². The van der Waals surface area contributed by atoms with E-state index in [1.165, 1.54) is 0 Å². The SMILES string of the molecule is Cc1ccccc1OCCCN1C(=O)C2(OCCCO2)c2ccc(Cl)c(Cl)c21.